The largest absolute Gasteiger partial charge is 0.492 e. The molecule has 134 valence electrons. The van der Waals surface area contributed by atoms with E-state index in [4.69, 9.17) is 4.74 Å². The fourth-order valence-electron chi connectivity index (χ4n) is 2.44. The highest BCUT2D eigenvalue weighted by Gasteiger charge is 2.00. The summed E-state index contributed by atoms with van der Waals surface area (Å²) in [5.74, 6) is 1.59. The van der Waals surface area contributed by atoms with Crippen LogP contribution in [0.5, 0.6) is 5.75 Å². The van der Waals surface area contributed by atoms with E-state index in [9.17, 15) is 4.79 Å². The summed E-state index contributed by atoms with van der Waals surface area (Å²) in [6, 6.07) is 21.2. The first-order chi connectivity index (χ1) is 12.8. The molecule has 0 bridgehead atoms. The van der Waals surface area contributed by atoms with Crippen LogP contribution in [0.2, 0.25) is 0 Å². The summed E-state index contributed by atoms with van der Waals surface area (Å²) in [5, 5.41) is 9.86. The molecule has 1 aromatic heterocycles. The van der Waals surface area contributed by atoms with Crippen LogP contribution < -0.4 is 20.7 Å². The molecular weight excluding hydrogens is 328 g/mol. The molecule has 3 N–H and O–H groups in total. The summed E-state index contributed by atoms with van der Waals surface area (Å²) < 4.78 is 5.51. The molecule has 0 saturated heterocycles. The van der Waals surface area contributed by atoms with E-state index in [0.717, 1.165) is 22.5 Å². The van der Waals surface area contributed by atoms with Gasteiger partial charge < -0.3 is 20.7 Å². The summed E-state index contributed by atoms with van der Waals surface area (Å²) in [7, 11) is 0. The smallest absolute Gasteiger partial charge is 0.314 e. The lowest BCUT2D eigenvalue weighted by Gasteiger charge is -2.10. The normalized spacial score (nSPS) is 10.3. The van der Waals surface area contributed by atoms with E-state index in [0.29, 0.717) is 26.2 Å². The van der Waals surface area contributed by atoms with E-state index in [1.165, 1.54) is 0 Å². The predicted octanol–water partition coefficient (Wildman–Crippen LogP) is 3.02. The number of hydrogen-bond donors (Lipinski definition) is 3. The quantitative estimate of drug-likeness (QED) is 0.546. The molecule has 0 aliphatic rings. The molecule has 3 rings (SSSR count). The number of aromatic nitrogens is 1. The number of carbonyl (C=O) groups is 1. The van der Waals surface area contributed by atoms with Crippen LogP contribution in [-0.2, 0) is 0 Å². The van der Waals surface area contributed by atoms with Gasteiger partial charge in [0, 0.05) is 18.5 Å². The molecule has 2 amide bonds. The molecule has 0 unspecified atom stereocenters. The Hall–Kier alpha value is -3.28. The van der Waals surface area contributed by atoms with Gasteiger partial charge in [0.05, 0.1) is 12.1 Å². The lowest BCUT2D eigenvalue weighted by atomic mass is 10.2. The van der Waals surface area contributed by atoms with E-state index < -0.39 is 0 Å². The predicted molar refractivity (Wildman–Crippen MR) is 104 cm³/mol. The Balaban J connectivity index is 1.29. The average molecular weight is 350 g/mol. The Morgan fingerprint density at radius 2 is 1.62 bits per heavy atom. The second kappa shape index (κ2) is 9.27. The van der Waals surface area contributed by atoms with Crippen LogP contribution in [0.4, 0.5) is 10.6 Å². The zero-order valence-corrected chi connectivity index (χ0v) is 14.4. The van der Waals surface area contributed by atoms with Crippen molar-refractivity contribution in [2.24, 2.45) is 0 Å². The summed E-state index contributed by atoms with van der Waals surface area (Å²) in [6.45, 7) is 1.97. The minimum Gasteiger partial charge on any atom is -0.492 e. The highest BCUT2D eigenvalue weighted by molar-refractivity contribution is 5.80. The molecule has 0 aliphatic carbocycles. The molecule has 6 heteroatoms. The van der Waals surface area contributed by atoms with Gasteiger partial charge in [-0.25, -0.2) is 9.78 Å². The fraction of sp³-hybridized carbons (Fsp3) is 0.200. The van der Waals surface area contributed by atoms with Gasteiger partial charge in [-0.1, -0.05) is 36.4 Å². The van der Waals surface area contributed by atoms with Gasteiger partial charge in [-0.3, -0.25) is 0 Å². The van der Waals surface area contributed by atoms with Crippen LogP contribution in [-0.4, -0.2) is 37.3 Å². The van der Waals surface area contributed by atoms with Gasteiger partial charge >= 0.3 is 6.03 Å². The van der Waals surface area contributed by atoms with E-state index >= 15 is 0 Å². The molecule has 26 heavy (non-hydrogen) atoms. The molecule has 0 fully saturated rings. The highest BCUT2D eigenvalue weighted by Crippen LogP contribution is 2.14. The third-order valence-corrected chi connectivity index (χ3v) is 3.71. The average Bonchev–Trinajstić information content (AvgIpc) is 2.69. The van der Waals surface area contributed by atoms with Gasteiger partial charge in [-0.2, -0.15) is 0 Å². The zero-order valence-electron chi connectivity index (χ0n) is 14.4. The topological polar surface area (TPSA) is 75.3 Å². The van der Waals surface area contributed by atoms with E-state index in [2.05, 4.69) is 20.9 Å². The number of anilines is 1. The van der Waals surface area contributed by atoms with Crippen molar-refractivity contribution in [1.29, 1.82) is 0 Å². The molecule has 0 radical (unpaired) electrons. The number of carbonyl (C=O) groups excluding carboxylic acids is 1. The van der Waals surface area contributed by atoms with Crippen molar-refractivity contribution in [2.75, 3.05) is 31.6 Å². The second-order valence-corrected chi connectivity index (χ2v) is 5.66. The summed E-state index contributed by atoms with van der Waals surface area (Å²) in [6.07, 6.45) is 0. The molecule has 0 spiro atoms. The number of benzene rings is 2. The minimum atomic E-state index is -0.213. The Morgan fingerprint density at radius 1 is 0.846 bits per heavy atom. The molecule has 0 saturated carbocycles. The number of ether oxygens (including phenoxy) is 1. The van der Waals surface area contributed by atoms with Crippen molar-refractivity contribution in [3.05, 3.63) is 66.7 Å². The lowest BCUT2D eigenvalue weighted by Crippen LogP contribution is -2.39. The van der Waals surface area contributed by atoms with E-state index in [1.54, 1.807) is 0 Å². The maximum Gasteiger partial charge on any atom is 0.314 e. The maximum atomic E-state index is 11.7. The van der Waals surface area contributed by atoms with Crippen LogP contribution in [0.15, 0.2) is 66.7 Å². The molecule has 6 nitrogen and oxygen atoms in total. The number of rotatable bonds is 8. The van der Waals surface area contributed by atoms with Gasteiger partial charge in [0.15, 0.2) is 0 Å². The van der Waals surface area contributed by atoms with Crippen LogP contribution >= 0.6 is 0 Å². The SMILES string of the molecule is O=C(NCCNc1ccc2ccccc2n1)NCCOc1ccccc1. The third kappa shape index (κ3) is 5.37. The monoisotopic (exact) mass is 350 g/mol. The Labute approximate surface area is 152 Å². The van der Waals surface area contributed by atoms with Crippen molar-refractivity contribution >= 4 is 22.8 Å². The van der Waals surface area contributed by atoms with Crippen LogP contribution in [0.25, 0.3) is 10.9 Å². The maximum absolute atomic E-state index is 11.7. The summed E-state index contributed by atoms with van der Waals surface area (Å²) in [5.41, 5.74) is 0.946. The highest BCUT2D eigenvalue weighted by atomic mass is 16.5. The summed E-state index contributed by atoms with van der Waals surface area (Å²) in [4.78, 5) is 16.2. The molecule has 0 aliphatic heterocycles. The first kappa shape index (κ1) is 17.5. The molecule has 0 atom stereocenters. The third-order valence-electron chi connectivity index (χ3n) is 3.71. The minimum absolute atomic E-state index is 0.213. The van der Waals surface area contributed by atoms with Crippen LogP contribution in [0.3, 0.4) is 0 Å². The fourth-order valence-corrected chi connectivity index (χ4v) is 2.44. The van der Waals surface area contributed by atoms with Gasteiger partial charge in [0.2, 0.25) is 0 Å². The number of hydrogen-bond acceptors (Lipinski definition) is 4. The number of amides is 2. The Kier molecular flexibility index (Phi) is 6.25. The summed E-state index contributed by atoms with van der Waals surface area (Å²) >= 11 is 0. The van der Waals surface area contributed by atoms with Gasteiger partial charge in [0.25, 0.3) is 0 Å². The molecule has 1 heterocycles. The number of urea groups is 1. The van der Waals surface area contributed by atoms with Crippen LogP contribution in [0.1, 0.15) is 0 Å². The van der Waals surface area contributed by atoms with E-state index in [-0.39, 0.29) is 6.03 Å². The number of para-hydroxylation sites is 2. The number of pyridine rings is 1. The van der Waals surface area contributed by atoms with Crippen LogP contribution in [0, 0.1) is 0 Å². The van der Waals surface area contributed by atoms with Crippen molar-refractivity contribution in [3.63, 3.8) is 0 Å². The standard InChI is InChI=1S/C20H22N4O2/c25-20(23-14-15-26-17-7-2-1-3-8-17)22-13-12-21-19-11-10-16-6-4-5-9-18(16)24-19/h1-11H,12-15H2,(H,21,24)(H2,22,23,25). The van der Waals surface area contributed by atoms with Crippen molar-refractivity contribution < 1.29 is 9.53 Å². The van der Waals surface area contributed by atoms with Gasteiger partial charge in [-0.15, -0.1) is 0 Å². The molecule has 2 aromatic carbocycles. The molecule has 3 aromatic rings. The van der Waals surface area contributed by atoms with Crippen molar-refractivity contribution in [3.8, 4) is 5.75 Å². The number of nitrogens with zero attached hydrogens (tertiary/aromatic N) is 1. The first-order valence-electron chi connectivity index (χ1n) is 8.60. The second-order valence-electron chi connectivity index (χ2n) is 5.66. The van der Waals surface area contributed by atoms with Crippen molar-refractivity contribution in [2.45, 2.75) is 0 Å². The number of nitrogens with one attached hydrogen (secondary N) is 3. The van der Waals surface area contributed by atoms with Gasteiger partial charge in [-0.05, 0) is 30.3 Å². The number of fused-ring (bicyclic) bond motifs is 1. The first-order valence-corrected chi connectivity index (χ1v) is 8.60. The zero-order chi connectivity index (χ0) is 18.0. The molecular formula is C20H22N4O2. The van der Waals surface area contributed by atoms with Gasteiger partial charge in [0.1, 0.15) is 18.2 Å². The Bertz CT molecular complexity index is 839. The lowest BCUT2D eigenvalue weighted by molar-refractivity contribution is 0.237. The van der Waals surface area contributed by atoms with E-state index in [1.807, 2.05) is 66.7 Å². The van der Waals surface area contributed by atoms with Crippen molar-refractivity contribution in [1.82, 2.24) is 15.6 Å². The Morgan fingerprint density at radius 3 is 2.50 bits per heavy atom.